The van der Waals surface area contributed by atoms with E-state index in [1.54, 1.807) is 0 Å². The summed E-state index contributed by atoms with van der Waals surface area (Å²) >= 11 is 1.94. The van der Waals surface area contributed by atoms with Crippen molar-refractivity contribution >= 4 is 41.7 Å². The summed E-state index contributed by atoms with van der Waals surface area (Å²) in [6, 6.07) is 0. The van der Waals surface area contributed by atoms with Gasteiger partial charge in [0.05, 0.1) is 0 Å². The van der Waals surface area contributed by atoms with E-state index in [1.165, 1.54) is 77.0 Å². The second-order valence-electron chi connectivity index (χ2n) is 6.64. The maximum absolute atomic E-state index is 4.48. The minimum absolute atomic E-state index is 0. The van der Waals surface area contributed by atoms with Gasteiger partial charge in [-0.25, -0.2) is 0 Å². The van der Waals surface area contributed by atoms with Crippen molar-refractivity contribution in [3.8, 4) is 0 Å². The van der Waals surface area contributed by atoms with Gasteiger partial charge in [0.2, 0.25) is 0 Å². The van der Waals surface area contributed by atoms with E-state index in [0.717, 1.165) is 18.4 Å². The molecule has 0 spiro atoms. The van der Waals surface area contributed by atoms with E-state index in [0.29, 0.717) is 0 Å². The van der Waals surface area contributed by atoms with Crippen LogP contribution in [-0.4, -0.2) is 74.1 Å². The molecule has 2 aliphatic heterocycles. The Kier molecular flexibility index (Phi) is 11.7. The Morgan fingerprint density at radius 2 is 1.96 bits per heavy atom. The predicted molar refractivity (Wildman–Crippen MR) is 114 cm³/mol. The molecule has 2 heterocycles. The van der Waals surface area contributed by atoms with Crippen molar-refractivity contribution in [1.82, 2.24) is 15.1 Å². The Bertz CT molecular complexity index is 335. The molecular formula is C17H35IN4S. The zero-order valence-corrected chi connectivity index (χ0v) is 18.1. The fourth-order valence-electron chi connectivity index (χ4n) is 3.59. The molecule has 2 aliphatic rings. The van der Waals surface area contributed by atoms with Crippen molar-refractivity contribution in [2.45, 2.75) is 38.5 Å². The molecule has 0 aromatic carbocycles. The number of guanidine groups is 1. The van der Waals surface area contributed by atoms with Crippen LogP contribution in [0.4, 0.5) is 0 Å². The maximum atomic E-state index is 4.48. The zero-order chi connectivity index (χ0) is 15.6. The Morgan fingerprint density at radius 1 is 1.17 bits per heavy atom. The quantitative estimate of drug-likeness (QED) is 0.277. The molecule has 0 bridgehead atoms. The van der Waals surface area contributed by atoms with E-state index in [2.05, 4.69) is 26.4 Å². The molecule has 6 heteroatoms. The second kappa shape index (κ2) is 12.6. The first-order chi connectivity index (χ1) is 10.8. The lowest BCUT2D eigenvalue weighted by atomic mass is 10.1. The maximum Gasteiger partial charge on any atom is 0.193 e. The topological polar surface area (TPSA) is 30.9 Å². The summed E-state index contributed by atoms with van der Waals surface area (Å²) in [5, 5.41) is 3.55. The van der Waals surface area contributed by atoms with Gasteiger partial charge < -0.3 is 15.1 Å². The van der Waals surface area contributed by atoms with E-state index < -0.39 is 0 Å². The number of likely N-dealkylation sites (tertiary alicyclic amines) is 2. The van der Waals surface area contributed by atoms with Gasteiger partial charge in [0.15, 0.2) is 5.96 Å². The highest BCUT2D eigenvalue weighted by Gasteiger charge is 2.26. The molecule has 0 radical (unpaired) electrons. The van der Waals surface area contributed by atoms with Crippen LogP contribution in [0.5, 0.6) is 0 Å². The molecule has 4 nitrogen and oxygen atoms in total. The van der Waals surface area contributed by atoms with Gasteiger partial charge >= 0.3 is 0 Å². The highest BCUT2D eigenvalue weighted by Crippen LogP contribution is 2.19. The average molecular weight is 454 g/mol. The molecule has 0 aliphatic carbocycles. The summed E-state index contributed by atoms with van der Waals surface area (Å²) in [7, 11) is 1.92. The van der Waals surface area contributed by atoms with Crippen LogP contribution < -0.4 is 5.32 Å². The third-order valence-electron chi connectivity index (χ3n) is 4.82. The molecule has 136 valence electrons. The lowest BCUT2D eigenvalue weighted by molar-refractivity contribution is 0.198. The Balaban J connectivity index is 0.00000264. The van der Waals surface area contributed by atoms with Crippen LogP contribution in [0.25, 0.3) is 0 Å². The molecule has 1 N–H and O–H groups in total. The van der Waals surface area contributed by atoms with Crippen LogP contribution in [0, 0.1) is 5.92 Å². The number of hydrogen-bond donors (Lipinski definition) is 1. The standard InChI is InChI=1S/C17H34N4S.HI/c1-18-17(19-9-4-7-13-22-2)21-12-8-16(15-21)14-20-10-5-3-6-11-20;/h16H,3-15H2,1-2H3,(H,18,19);1H. The molecule has 2 saturated heterocycles. The van der Waals surface area contributed by atoms with Gasteiger partial charge in [-0.1, -0.05) is 6.42 Å². The number of unbranched alkanes of at least 4 members (excludes halogenated alkanes) is 1. The second-order valence-corrected chi connectivity index (χ2v) is 7.62. The van der Waals surface area contributed by atoms with Crippen LogP contribution in [0.2, 0.25) is 0 Å². The first-order valence-corrected chi connectivity index (χ1v) is 10.4. The zero-order valence-electron chi connectivity index (χ0n) is 14.9. The van der Waals surface area contributed by atoms with Gasteiger partial charge in [0.25, 0.3) is 0 Å². The molecule has 1 unspecified atom stereocenters. The third kappa shape index (κ3) is 7.82. The largest absolute Gasteiger partial charge is 0.356 e. The first-order valence-electron chi connectivity index (χ1n) is 9.00. The lowest BCUT2D eigenvalue weighted by Gasteiger charge is -2.29. The molecule has 2 fully saturated rings. The number of rotatable bonds is 7. The number of piperidine rings is 1. The number of halogens is 1. The number of aliphatic imine (C=N–C) groups is 1. The molecule has 2 rings (SSSR count). The van der Waals surface area contributed by atoms with E-state index in [1.807, 2.05) is 18.8 Å². The summed E-state index contributed by atoms with van der Waals surface area (Å²) < 4.78 is 0. The monoisotopic (exact) mass is 454 g/mol. The molecule has 0 saturated carbocycles. The fourth-order valence-corrected chi connectivity index (χ4v) is 4.08. The summed E-state index contributed by atoms with van der Waals surface area (Å²) in [6.07, 6.45) is 10.3. The van der Waals surface area contributed by atoms with Gasteiger partial charge in [-0.05, 0) is 63.1 Å². The van der Waals surface area contributed by atoms with Crippen molar-refractivity contribution in [3.05, 3.63) is 0 Å². The third-order valence-corrected chi connectivity index (χ3v) is 5.52. The lowest BCUT2D eigenvalue weighted by Crippen LogP contribution is -2.41. The van der Waals surface area contributed by atoms with E-state index in [4.69, 9.17) is 0 Å². The summed E-state index contributed by atoms with van der Waals surface area (Å²) in [6.45, 7) is 7.34. The van der Waals surface area contributed by atoms with Crippen molar-refractivity contribution in [1.29, 1.82) is 0 Å². The SMILES string of the molecule is CN=C(NCCCCSC)N1CCC(CN2CCCCC2)C1.I. The number of thioether (sulfide) groups is 1. The summed E-state index contributed by atoms with van der Waals surface area (Å²) in [4.78, 5) is 9.62. The molecule has 0 amide bonds. The van der Waals surface area contributed by atoms with Crippen molar-refractivity contribution in [2.75, 3.05) is 58.3 Å². The van der Waals surface area contributed by atoms with Crippen LogP contribution in [0.3, 0.4) is 0 Å². The smallest absolute Gasteiger partial charge is 0.193 e. The van der Waals surface area contributed by atoms with Crippen LogP contribution in [0.1, 0.15) is 38.5 Å². The van der Waals surface area contributed by atoms with E-state index in [-0.39, 0.29) is 24.0 Å². The van der Waals surface area contributed by atoms with Gasteiger partial charge in [-0.2, -0.15) is 11.8 Å². The van der Waals surface area contributed by atoms with Gasteiger partial charge in [0, 0.05) is 33.2 Å². The summed E-state index contributed by atoms with van der Waals surface area (Å²) in [5.41, 5.74) is 0. The fraction of sp³-hybridized carbons (Fsp3) is 0.941. The Labute approximate surface area is 164 Å². The first kappa shape index (κ1) is 21.4. The molecule has 1 atom stereocenters. The molecule has 23 heavy (non-hydrogen) atoms. The van der Waals surface area contributed by atoms with Gasteiger partial charge in [0.1, 0.15) is 0 Å². The van der Waals surface area contributed by atoms with Crippen LogP contribution >= 0.6 is 35.7 Å². The molecular weight excluding hydrogens is 419 g/mol. The van der Waals surface area contributed by atoms with Gasteiger partial charge in [-0.15, -0.1) is 24.0 Å². The highest BCUT2D eigenvalue weighted by molar-refractivity contribution is 14.0. The minimum Gasteiger partial charge on any atom is -0.356 e. The van der Waals surface area contributed by atoms with Crippen molar-refractivity contribution in [2.24, 2.45) is 10.9 Å². The van der Waals surface area contributed by atoms with Crippen LogP contribution in [0.15, 0.2) is 4.99 Å². The molecule has 0 aromatic heterocycles. The number of hydrogen-bond acceptors (Lipinski definition) is 3. The average Bonchev–Trinajstić information content (AvgIpc) is 3.00. The van der Waals surface area contributed by atoms with E-state index in [9.17, 15) is 0 Å². The van der Waals surface area contributed by atoms with Crippen molar-refractivity contribution < 1.29 is 0 Å². The normalized spacial score (nSPS) is 23.0. The molecule has 0 aromatic rings. The predicted octanol–water partition coefficient (Wildman–Crippen LogP) is 3.13. The highest BCUT2D eigenvalue weighted by atomic mass is 127. The summed E-state index contributed by atoms with van der Waals surface area (Å²) in [5.74, 6) is 3.21. The number of nitrogens with zero attached hydrogens (tertiary/aromatic N) is 3. The van der Waals surface area contributed by atoms with E-state index >= 15 is 0 Å². The minimum atomic E-state index is 0. The van der Waals surface area contributed by atoms with Crippen LogP contribution in [-0.2, 0) is 0 Å². The Hall–Kier alpha value is 0.310. The number of nitrogens with one attached hydrogen (secondary N) is 1. The van der Waals surface area contributed by atoms with Crippen molar-refractivity contribution in [3.63, 3.8) is 0 Å². The Morgan fingerprint density at radius 3 is 2.65 bits per heavy atom. The van der Waals surface area contributed by atoms with Gasteiger partial charge in [-0.3, -0.25) is 4.99 Å².